The summed E-state index contributed by atoms with van der Waals surface area (Å²) in [5.74, 6) is 0.672. The predicted molar refractivity (Wildman–Crippen MR) is 76.5 cm³/mol. The molecule has 0 saturated carbocycles. The number of methoxy groups -OCH3 is 1. The van der Waals surface area contributed by atoms with E-state index in [-0.39, 0.29) is 17.8 Å². The number of benzene rings is 2. The van der Waals surface area contributed by atoms with Crippen LogP contribution in [0.4, 0.5) is 18.9 Å². The number of nitrogens with zero attached hydrogens (tertiary/aromatic N) is 1. The second kappa shape index (κ2) is 6.39. The number of hydrogen-bond donors (Lipinski definition) is 1. The molecule has 0 aromatic heterocycles. The van der Waals surface area contributed by atoms with Crippen molar-refractivity contribution in [3.63, 3.8) is 0 Å². The van der Waals surface area contributed by atoms with E-state index in [0.29, 0.717) is 5.75 Å². The summed E-state index contributed by atoms with van der Waals surface area (Å²) in [5, 5.41) is 11.6. The van der Waals surface area contributed by atoms with Gasteiger partial charge in [0.25, 0.3) is 0 Å². The largest absolute Gasteiger partial charge is 0.497 e. The van der Waals surface area contributed by atoms with Crippen LogP contribution in [0.3, 0.4) is 0 Å². The SMILES string of the molecule is COc1ccc(CNc2cc(C#N)ccc2C(F)(F)F)cc1. The van der Waals surface area contributed by atoms with Gasteiger partial charge in [-0.1, -0.05) is 12.1 Å². The molecule has 0 aliphatic carbocycles. The van der Waals surface area contributed by atoms with E-state index in [1.54, 1.807) is 24.3 Å². The van der Waals surface area contributed by atoms with Crippen molar-refractivity contribution in [2.45, 2.75) is 12.7 Å². The van der Waals surface area contributed by atoms with Gasteiger partial charge in [0.05, 0.1) is 24.3 Å². The highest BCUT2D eigenvalue weighted by atomic mass is 19.4. The van der Waals surface area contributed by atoms with Crippen molar-refractivity contribution in [2.75, 3.05) is 12.4 Å². The van der Waals surface area contributed by atoms with Crippen LogP contribution in [0.2, 0.25) is 0 Å². The van der Waals surface area contributed by atoms with Crippen molar-refractivity contribution >= 4 is 5.69 Å². The van der Waals surface area contributed by atoms with Crippen LogP contribution in [-0.2, 0) is 12.7 Å². The highest BCUT2D eigenvalue weighted by molar-refractivity contribution is 5.57. The lowest BCUT2D eigenvalue weighted by atomic mass is 10.1. The number of nitrogens with one attached hydrogen (secondary N) is 1. The first-order chi connectivity index (χ1) is 10.4. The summed E-state index contributed by atoms with van der Waals surface area (Å²) in [7, 11) is 1.54. The van der Waals surface area contributed by atoms with Gasteiger partial charge in [-0.2, -0.15) is 18.4 Å². The Morgan fingerprint density at radius 2 is 1.82 bits per heavy atom. The summed E-state index contributed by atoms with van der Waals surface area (Å²) in [6.07, 6.45) is -4.48. The van der Waals surface area contributed by atoms with Crippen molar-refractivity contribution < 1.29 is 17.9 Å². The van der Waals surface area contributed by atoms with E-state index in [4.69, 9.17) is 10.00 Å². The van der Waals surface area contributed by atoms with Gasteiger partial charge in [0.15, 0.2) is 0 Å². The minimum Gasteiger partial charge on any atom is -0.497 e. The molecule has 1 N–H and O–H groups in total. The Bertz CT molecular complexity index is 688. The first-order valence-corrected chi connectivity index (χ1v) is 6.42. The van der Waals surface area contributed by atoms with Crippen LogP contribution < -0.4 is 10.1 Å². The molecule has 2 aromatic rings. The zero-order valence-corrected chi connectivity index (χ0v) is 11.7. The van der Waals surface area contributed by atoms with E-state index in [0.717, 1.165) is 17.7 Å². The van der Waals surface area contributed by atoms with Gasteiger partial charge in [-0.3, -0.25) is 0 Å². The first-order valence-electron chi connectivity index (χ1n) is 6.42. The van der Waals surface area contributed by atoms with Crippen LogP contribution in [0.1, 0.15) is 16.7 Å². The molecule has 0 aliphatic heterocycles. The highest BCUT2D eigenvalue weighted by Gasteiger charge is 2.33. The average molecular weight is 306 g/mol. The monoisotopic (exact) mass is 306 g/mol. The second-order valence-corrected chi connectivity index (χ2v) is 4.57. The number of hydrogen-bond acceptors (Lipinski definition) is 3. The molecule has 0 aliphatic rings. The van der Waals surface area contributed by atoms with Gasteiger partial charge < -0.3 is 10.1 Å². The van der Waals surface area contributed by atoms with Gasteiger partial charge in [0.1, 0.15) is 5.75 Å². The fourth-order valence-electron chi connectivity index (χ4n) is 1.95. The van der Waals surface area contributed by atoms with Crippen molar-refractivity contribution in [2.24, 2.45) is 0 Å². The van der Waals surface area contributed by atoms with E-state index in [2.05, 4.69) is 5.32 Å². The molecule has 2 rings (SSSR count). The first kappa shape index (κ1) is 15.7. The molecule has 0 spiro atoms. The molecule has 3 nitrogen and oxygen atoms in total. The molecule has 0 saturated heterocycles. The minimum absolute atomic E-state index is 0.109. The molecule has 0 bridgehead atoms. The molecule has 0 atom stereocenters. The van der Waals surface area contributed by atoms with E-state index < -0.39 is 11.7 Å². The summed E-state index contributed by atoms with van der Waals surface area (Å²) in [4.78, 5) is 0. The second-order valence-electron chi connectivity index (χ2n) is 4.57. The maximum Gasteiger partial charge on any atom is 0.418 e. The zero-order chi connectivity index (χ0) is 16.2. The van der Waals surface area contributed by atoms with Gasteiger partial charge >= 0.3 is 6.18 Å². The Kier molecular flexibility index (Phi) is 4.56. The lowest BCUT2D eigenvalue weighted by molar-refractivity contribution is -0.137. The smallest absolute Gasteiger partial charge is 0.418 e. The molecule has 6 heteroatoms. The molecular formula is C16H13F3N2O. The van der Waals surface area contributed by atoms with Crippen LogP contribution in [-0.4, -0.2) is 7.11 Å². The molecule has 0 heterocycles. The third-order valence-electron chi connectivity index (χ3n) is 3.10. The summed E-state index contributed by atoms with van der Waals surface area (Å²) < 4.78 is 43.9. The maximum atomic E-state index is 13.0. The van der Waals surface area contributed by atoms with Crippen LogP contribution in [0.5, 0.6) is 5.75 Å². The van der Waals surface area contributed by atoms with Crippen LogP contribution in [0, 0.1) is 11.3 Å². The molecule has 2 aromatic carbocycles. The van der Waals surface area contributed by atoms with Gasteiger partial charge in [-0.25, -0.2) is 0 Å². The van der Waals surface area contributed by atoms with E-state index in [1.165, 1.54) is 13.2 Å². The van der Waals surface area contributed by atoms with Crippen LogP contribution in [0.15, 0.2) is 42.5 Å². The maximum absolute atomic E-state index is 13.0. The summed E-state index contributed by atoms with van der Waals surface area (Å²) in [6.45, 7) is 0.210. The molecular weight excluding hydrogens is 293 g/mol. The van der Waals surface area contributed by atoms with Crippen molar-refractivity contribution in [3.05, 3.63) is 59.2 Å². The predicted octanol–water partition coefficient (Wildman–Crippen LogP) is 4.20. The number of anilines is 1. The van der Waals surface area contributed by atoms with Gasteiger partial charge in [0, 0.05) is 12.2 Å². The number of halogens is 3. The molecule has 0 radical (unpaired) electrons. The third-order valence-corrected chi connectivity index (χ3v) is 3.10. The third kappa shape index (κ3) is 3.70. The average Bonchev–Trinajstić information content (AvgIpc) is 2.52. The lowest BCUT2D eigenvalue weighted by Gasteiger charge is -2.15. The topological polar surface area (TPSA) is 45.0 Å². The number of rotatable bonds is 4. The summed E-state index contributed by atoms with van der Waals surface area (Å²) >= 11 is 0. The lowest BCUT2D eigenvalue weighted by Crippen LogP contribution is -2.11. The number of nitriles is 1. The van der Waals surface area contributed by atoms with Crippen molar-refractivity contribution in [1.29, 1.82) is 5.26 Å². The highest BCUT2D eigenvalue weighted by Crippen LogP contribution is 2.35. The van der Waals surface area contributed by atoms with Gasteiger partial charge in [-0.15, -0.1) is 0 Å². The summed E-state index contributed by atoms with van der Waals surface area (Å²) in [6, 6.07) is 12.1. The Balaban J connectivity index is 2.22. The van der Waals surface area contributed by atoms with Crippen molar-refractivity contribution in [1.82, 2.24) is 0 Å². The quantitative estimate of drug-likeness (QED) is 0.921. The fraction of sp³-hybridized carbons (Fsp3) is 0.188. The molecule has 0 fully saturated rings. The number of alkyl halides is 3. The van der Waals surface area contributed by atoms with E-state index in [9.17, 15) is 13.2 Å². The molecule has 114 valence electrons. The van der Waals surface area contributed by atoms with E-state index in [1.807, 2.05) is 6.07 Å². The normalized spacial score (nSPS) is 10.9. The fourth-order valence-corrected chi connectivity index (χ4v) is 1.95. The molecule has 0 unspecified atom stereocenters. The van der Waals surface area contributed by atoms with Crippen molar-refractivity contribution in [3.8, 4) is 11.8 Å². The molecule has 0 amide bonds. The zero-order valence-electron chi connectivity index (χ0n) is 11.7. The van der Waals surface area contributed by atoms with Crippen LogP contribution >= 0.6 is 0 Å². The van der Waals surface area contributed by atoms with E-state index >= 15 is 0 Å². The Morgan fingerprint density at radius 3 is 2.36 bits per heavy atom. The van der Waals surface area contributed by atoms with Gasteiger partial charge in [-0.05, 0) is 35.9 Å². The van der Waals surface area contributed by atoms with Crippen LogP contribution in [0.25, 0.3) is 0 Å². The standard InChI is InChI=1S/C16H13F3N2O/c1-22-13-5-2-11(3-6-13)10-21-15-8-12(9-20)4-7-14(15)16(17,18)19/h2-8,21H,10H2,1H3. The summed E-state index contributed by atoms with van der Waals surface area (Å²) in [5.41, 5.74) is 0.0731. The molecule has 22 heavy (non-hydrogen) atoms. The Morgan fingerprint density at radius 1 is 1.14 bits per heavy atom. The van der Waals surface area contributed by atoms with Gasteiger partial charge in [0.2, 0.25) is 0 Å². The minimum atomic E-state index is -4.48. The Hall–Kier alpha value is -2.68. The number of ether oxygens (including phenoxy) is 1. The Labute approximate surface area is 126 Å².